The Kier molecular flexibility index (Phi) is 3.60. The van der Waals surface area contributed by atoms with E-state index in [4.69, 9.17) is 14.8 Å². The Morgan fingerprint density at radius 2 is 1.65 bits per heavy atom. The lowest BCUT2D eigenvalue weighted by Crippen LogP contribution is -2.13. The molecule has 0 radical (unpaired) electrons. The van der Waals surface area contributed by atoms with Crippen LogP contribution in [0.25, 0.3) is 0 Å². The zero-order valence-electron chi connectivity index (χ0n) is 8.73. The Bertz CT molecular complexity index is 632. The molecule has 4 N–H and O–H groups in total. The molecule has 0 saturated heterocycles. The highest BCUT2D eigenvalue weighted by Crippen LogP contribution is 2.24. The molecule has 17 heavy (non-hydrogen) atoms. The highest BCUT2D eigenvalue weighted by molar-refractivity contribution is 7.86. The maximum absolute atomic E-state index is 11.1. The summed E-state index contributed by atoms with van der Waals surface area (Å²) >= 11 is 0. The van der Waals surface area contributed by atoms with E-state index in [9.17, 15) is 16.8 Å². The zero-order valence-corrected chi connectivity index (χ0v) is 10.4. The van der Waals surface area contributed by atoms with Gasteiger partial charge in [-0.15, -0.1) is 0 Å². The third-order valence-electron chi connectivity index (χ3n) is 2.05. The number of rotatable bonds is 3. The average Bonchev–Trinajstić information content (AvgIpc) is 2.14. The van der Waals surface area contributed by atoms with Crippen molar-refractivity contribution in [3.05, 3.63) is 23.8 Å². The summed E-state index contributed by atoms with van der Waals surface area (Å²) in [6, 6.07) is 2.06. The number of nitrogens with two attached hydrogens (primary N) is 1. The van der Waals surface area contributed by atoms with Crippen LogP contribution >= 0.6 is 0 Å². The van der Waals surface area contributed by atoms with E-state index in [0.29, 0.717) is 6.07 Å². The molecule has 1 rings (SSSR count). The minimum atomic E-state index is -4.62. The summed E-state index contributed by atoms with van der Waals surface area (Å²) < 4.78 is 61.5. The summed E-state index contributed by atoms with van der Waals surface area (Å²) in [6.07, 6.45) is 0. The number of hydrogen-bond acceptors (Lipinski definition) is 5. The van der Waals surface area contributed by atoms with Gasteiger partial charge in [0, 0.05) is 6.04 Å². The lowest BCUT2D eigenvalue weighted by molar-refractivity contribution is 0.479. The number of benzene rings is 1. The lowest BCUT2D eigenvalue weighted by atomic mass is 10.1. The van der Waals surface area contributed by atoms with Crippen LogP contribution in [0.4, 0.5) is 0 Å². The van der Waals surface area contributed by atoms with Crippen LogP contribution in [0.2, 0.25) is 0 Å². The Morgan fingerprint density at radius 1 is 1.12 bits per heavy atom. The largest absolute Gasteiger partial charge is 0.324 e. The summed E-state index contributed by atoms with van der Waals surface area (Å²) in [5.74, 6) is 0. The van der Waals surface area contributed by atoms with Gasteiger partial charge in [-0.2, -0.15) is 16.8 Å². The van der Waals surface area contributed by atoms with Gasteiger partial charge in [-0.3, -0.25) is 9.11 Å². The van der Waals surface area contributed by atoms with E-state index in [0.717, 1.165) is 12.1 Å². The molecule has 96 valence electrons. The minimum Gasteiger partial charge on any atom is -0.324 e. The van der Waals surface area contributed by atoms with Gasteiger partial charge >= 0.3 is 0 Å². The van der Waals surface area contributed by atoms with Gasteiger partial charge in [-0.1, -0.05) is 6.07 Å². The monoisotopic (exact) mass is 281 g/mol. The van der Waals surface area contributed by atoms with Crippen molar-refractivity contribution in [2.45, 2.75) is 22.8 Å². The minimum absolute atomic E-state index is 0.0555. The fourth-order valence-corrected chi connectivity index (χ4v) is 2.68. The van der Waals surface area contributed by atoms with E-state index in [1.807, 2.05) is 0 Å². The Labute approximate surface area is 98.8 Å². The molecule has 7 nitrogen and oxygen atoms in total. The van der Waals surface area contributed by atoms with E-state index in [2.05, 4.69) is 0 Å². The molecule has 1 aromatic rings. The predicted molar refractivity (Wildman–Crippen MR) is 58.7 cm³/mol. The topological polar surface area (TPSA) is 135 Å². The molecule has 0 aromatic heterocycles. The molecule has 0 spiro atoms. The first-order chi connectivity index (χ1) is 7.53. The predicted octanol–water partition coefficient (Wildman–Crippen LogP) is 0.200. The molecule has 1 unspecified atom stereocenters. The second-order valence-electron chi connectivity index (χ2n) is 3.44. The van der Waals surface area contributed by atoms with Gasteiger partial charge in [0.15, 0.2) is 0 Å². The summed E-state index contributed by atoms with van der Waals surface area (Å²) in [5, 5.41) is 0. The van der Waals surface area contributed by atoms with E-state index in [1.54, 1.807) is 0 Å². The highest BCUT2D eigenvalue weighted by Gasteiger charge is 2.21. The van der Waals surface area contributed by atoms with Crippen LogP contribution in [0.5, 0.6) is 0 Å². The molecular weight excluding hydrogens is 270 g/mol. The van der Waals surface area contributed by atoms with E-state index >= 15 is 0 Å². The van der Waals surface area contributed by atoms with Gasteiger partial charge in [-0.25, -0.2) is 0 Å². The summed E-state index contributed by atoms with van der Waals surface area (Å²) in [5.41, 5.74) is 5.54. The van der Waals surface area contributed by atoms with Gasteiger partial charge in [0.1, 0.15) is 0 Å². The second-order valence-corrected chi connectivity index (χ2v) is 6.25. The molecule has 0 bridgehead atoms. The van der Waals surface area contributed by atoms with Crippen molar-refractivity contribution < 1.29 is 25.9 Å². The van der Waals surface area contributed by atoms with E-state index in [1.165, 1.54) is 6.92 Å². The van der Waals surface area contributed by atoms with Gasteiger partial charge in [0.05, 0.1) is 9.79 Å². The van der Waals surface area contributed by atoms with Crippen LogP contribution < -0.4 is 5.73 Å². The normalized spacial score (nSPS) is 14.6. The van der Waals surface area contributed by atoms with Crippen LogP contribution in [0.1, 0.15) is 18.5 Å². The molecule has 0 aliphatic carbocycles. The summed E-state index contributed by atoms with van der Waals surface area (Å²) in [4.78, 5) is -1.27. The molecule has 0 aliphatic heterocycles. The van der Waals surface area contributed by atoms with E-state index < -0.39 is 36.1 Å². The Morgan fingerprint density at radius 3 is 2.00 bits per heavy atom. The standard InChI is InChI=1S/C8H11NO6S2/c1-5(9)7-3-2-6(16(10,11)12)4-8(7)17(13,14)15/h2-5H,9H2,1H3,(H,10,11,12)(H,13,14,15). The Hall–Kier alpha value is -1.00. The van der Waals surface area contributed by atoms with Crippen molar-refractivity contribution >= 4 is 20.2 Å². The smallest absolute Gasteiger partial charge is 0.294 e. The SMILES string of the molecule is CC(N)c1ccc(S(=O)(=O)O)cc1S(=O)(=O)O. The van der Waals surface area contributed by atoms with Crippen molar-refractivity contribution in [3.63, 3.8) is 0 Å². The first-order valence-corrected chi connectivity index (χ1v) is 7.26. The maximum Gasteiger partial charge on any atom is 0.294 e. The van der Waals surface area contributed by atoms with Gasteiger partial charge in [-0.05, 0) is 24.6 Å². The molecule has 0 heterocycles. The van der Waals surface area contributed by atoms with Gasteiger partial charge < -0.3 is 5.73 Å². The van der Waals surface area contributed by atoms with Crippen molar-refractivity contribution in [2.24, 2.45) is 5.73 Å². The quantitative estimate of drug-likeness (QED) is 0.673. The van der Waals surface area contributed by atoms with Crippen molar-refractivity contribution in [2.75, 3.05) is 0 Å². The van der Waals surface area contributed by atoms with Crippen LogP contribution in [0.15, 0.2) is 28.0 Å². The van der Waals surface area contributed by atoms with Crippen LogP contribution in [0, 0.1) is 0 Å². The third-order valence-corrected chi connectivity index (χ3v) is 3.81. The molecule has 1 atom stereocenters. The van der Waals surface area contributed by atoms with Crippen LogP contribution in [-0.4, -0.2) is 25.9 Å². The molecule has 0 fully saturated rings. The van der Waals surface area contributed by atoms with Gasteiger partial charge in [0.2, 0.25) is 0 Å². The lowest BCUT2D eigenvalue weighted by Gasteiger charge is -2.11. The molecule has 0 saturated carbocycles. The number of hydrogen-bond donors (Lipinski definition) is 3. The van der Waals surface area contributed by atoms with E-state index in [-0.39, 0.29) is 5.56 Å². The second kappa shape index (κ2) is 4.35. The molecule has 9 heteroatoms. The van der Waals surface area contributed by atoms with Crippen molar-refractivity contribution in [1.29, 1.82) is 0 Å². The molecule has 1 aromatic carbocycles. The molecule has 0 aliphatic rings. The Balaban J connectivity index is 3.63. The van der Waals surface area contributed by atoms with Gasteiger partial charge in [0.25, 0.3) is 20.2 Å². The van der Waals surface area contributed by atoms with Crippen molar-refractivity contribution in [1.82, 2.24) is 0 Å². The molecular formula is C8H11NO6S2. The maximum atomic E-state index is 11.1. The molecule has 0 amide bonds. The third kappa shape index (κ3) is 3.23. The fraction of sp³-hybridized carbons (Fsp3) is 0.250. The van der Waals surface area contributed by atoms with Crippen LogP contribution in [-0.2, 0) is 20.2 Å². The van der Waals surface area contributed by atoms with Crippen LogP contribution in [0.3, 0.4) is 0 Å². The fourth-order valence-electron chi connectivity index (χ4n) is 1.27. The summed E-state index contributed by atoms with van der Waals surface area (Å²) in [6.45, 7) is 1.47. The van der Waals surface area contributed by atoms with Crippen molar-refractivity contribution in [3.8, 4) is 0 Å². The average molecular weight is 281 g/mol. The zero-order chi connectivity index (χ0) is 13.4. The summed E-state index contributed by atoms with van der Waals surface area (Å²) in [7, 11) is -9.16. The first kappa shape index (κ1) is 14.1. The first-order valence-electron chi connectivity index (χ1n) is 4.38. The highest BCUT2D eigenvalue weighted by atomic mass is 32.2.